The van der Waals surface area contributed by atoms with Gasteiger partial charge in [0.05, 0.1) is 16.2 Å². The SMILES string of the molecule is O=C(N/N=C/c1ccc(-c2ccc([N+](=O)[O-])cc2Cl)o1)c1ccc(COc2ccc3c(c2)CCC3)o1. The number of nitrogens with one attached hydrogen (secondary N) is 1. The van der Waals surface area contributed by atoms with Crippen molar-refractivity contribution in [1.82, 2.24) is 5.43 Å². The summed E-state index contributed by atoms with van der Waals surface area (Å²) in [4.78, 5) is 22.7. The van der Waals surface area contributed by atoms with Crippen LogP contribution in [-0.2, 0) is 19.4 Å². The van der Waals surface area contributed by atoms with Crippen molar-refractivity contribution in [1.29, 1.82) is 0 Å². The van der Waals surface area contributed by atoms with E-state index in [9.17, 15) is 14.9 Å². The van der Waals surface area contributed by atoms with Crippen LogP contribution in [0.1, 0.15) is 39.6 Å². The molecule has 1 N–H and O–H groups in total. The summed E-state index contributed by atoms with van der Waals surface area (Å²) in [6, 6.07) is 16.7. The number of aryl methyl sites for hydroxylation is 2. The fourth-order valence-corrected chi connectivity index (χ4v) is 4.23. The van der Waals surface area contributed by atoms with Crippen molar-refractivity contribution in [3.05, 3.63) is 104 Å². The van der Waals surface area contributed by atoms with Crippen LogP contribution >= 0.6 is 11.6 Å². The molecule has 0 saturated carbocycles. The van der Waals surface area contributed by atoms with Crippen molar-refractivity contribution >= 4 is 29.4 Å². The highest BCUT2D eigenvalue weighted by Gasteiger charge is 2.15. The van der Waals surface area contributed by atoms with Crippen LogP contribution in [0.25, 0.3) is 11.3 Å². The Morgan fingerprint density at radius 3 is 2.78 bits per heavy atom. The number of hydrogen-bond acceptors (Lipinski definition) is 7. The number of carbonyl (C=O) groups is 1. The normalized spacial score (nSPS) is 12.6. The Balaban J connectivity index is 1.15. The van der Waals surface area contributed by atoms with E-state index in [1.54, 1.807) is 24.3 Å². The van der Waals surface area contributed by atoms with E-state index in [4.69, 9.17) is 25.2 Å². The van der Waals surface area contributed by atoms with Crippen molar-refractivity contribution in [2.45, 2.75) is 25.9 Å². The Labute approximate surface area is 210 Å². The van der Waals surface area contributed by atoms with Gasteiger partial charge in [-0.2, -0.15) is 5.10 Å². The molecule has 0 aliphatic heterocycles. The van der Waals surface area contributed by atoms with Crippen LogP contribution in [0, 0.1) is 10.1 Å². The van der Waals surface area contributed by atoms with Crippen LogP contribution in [0.4, 0.5) is 5.69 Å². The number of nitrogens with zero attached hydrogens (tertiary/aromatic N) is 2. The summed E-state index contributed by atoms with van der Waals surface area (Å²) in [5, 5.41) is 14.9. The molecule has 36 heavy (non-hydrogen) atoms. The Morgan fingerprint density at radius 2 is 1.94 bits per heavy atom. The molecule has 0 unspecified atom stereocenters. The molecule has 182 valence electrons. The van der Waals surface area contributed by atoms with Crippen LogP contribution < -0.4 is 10.2 Å². The molecular weight excluding hydrogens is 486 g/mol. The molecule has 2 aromatic carbocycles. The van der Waals surface area contributed by atoms with E-state index >= 15 is 0 Å². The molecule has 4 aromatic rings. The van der Waals surface area contributed by atoms with E-state index in [0.29, 0.717) is 22.8 Å². The lowest BCUT2D eigenvalue weighted by Crippen LogP contribution is -2.16. The summed E-state index contributed by atoms with van der Waals surface area (Å²) in [5.74, 6) is 1.61. The third-order valence-electron chi connectivity index (χ3n) is 5.75. The molecule has 0 fully saturated rings. The minimum Gasteiger partial charge on any atom is -0.486 e. The summed E-state index contributed by atoms with van der Waals surface area (Å²) >= 11 is 6.14. The fraction of sp³-hybridized carbons (Fsp3) is 0.154. The Hall–Kier alpha value is -4.37. The van der Waals surface area contributed by atoms with Crippen molar-refractivity contribution in [2.24, 2.45) is 5.10 Å². The van der Waals surface area contributed by atoms with Gasteiger partial charge in [-0.15, -0.1) is 0 Å². The number of rotatable bonds is 8. The zero-order valence-electron chi connectivity index (χ0n) is 18.9. The summed E-state index contributed by atoms with van der Waals surface area (Å²) in [7, 11) is 0. The van der Waals surface area contributed by atoms with Gasteiger partial charge >= 0.3 is 5.91 Å². The van der Waals surface area contributed by atoms with Gasteiger partial charge in [0, 0.05) is 17.7 Å². The van der Waals surface area contributed by atoms with Gasteiger partial charge < -0.3 is 13.6 Å². The van der Waals surface area contributed by atoms with Crippen LogP contribution in [-0.4, -0.2) is 17.0 Å². The second kappa shape index (κ2) is 10.1. The molecular formula is C26H20ClN3O6. The number of nitro groups is 1. The maximum absolute atomic E-state index is 12.3. The van der Waals surface area contributed by atoms with Gasteiger partial charge in [-0.05, 0) is 72.9 Å². The number of benzene rings is 2. The quantitative estimate of drug-likeness (QED) is 0.180. The first-order valence-corrected chi connectivity index (χ1v) is 11.5. The minimum atomic E-state index is -0.528. The Bertz CT molecular complexity index is 1470. The zero-order valence-corrected chi connectivity index (χ0v) is 19.7. The third-order valence-corrected chi connectivity index (χ3v) is 6.06. The number of carbonyl (C=O) groups excluding carboxylic acids is 1. The lowest BCUT2D eigenvalue weighted by Gasteiger charge is -2.06. The van der Waals surface area contributed by atoms with Crippen LogP contribution in [0.5, 0.6) is 5.75 Å². The van der Waals surface area contributed by atoms with Crippen LogP contribution in [0.2, 0.25) is 5.02 Å². The molecule has 10 heteroatoms. The monoisotopic (exact) mass is 505 g/mol. The fourth-order valence-electron chi connectivity index (χ4n) is 3.96. The Morgan fingerprint density at radius 1 is 1.08 bits per heavy atom. The van der Waals surface area contributed by atoms with Crippen LogP contribution in [0.15, 0.2) is 74.6 Å². The van der Waals surface area contributed by atoms with Gasteiger partial charge in [-0.3, -0.25) is 14.9 Å². The lowest BCUT2D eigenvalue weighted by atomic mass is 10.1. The topological polar surface area (TPSA) is 120 Å². The van der Waals surface area contributed by atoms with Gasteiger partial charge in [-0.1, -0.05) is 17.7 Å². The molecule has 9 nitrogen and oxygen atoms in total. The third kappa shape index (κ3) is 5.16. The first kappa shape index (κ1) is 23.4. The van der Waals surface area contributed by atoms with Gasteiger partial charge in [-0.25, -0.2) is 5.43 Å². The number of nitro benzene ring substituents is 1. The highest BCUT2D eigenvalue weighted by atomic mass is 35.5. The number of non-ortho nitro benzene ring substituents is 1. The lowest BCUT2D eigenvalue weighted by molar-refractivity contribution is -0.384. The maximum Gasteiger partial charge on any atom is 0.307 e. The molecule has 0 atom stereocenters. The predicted octanol–water partition coefficient (Wildman–Crippen LogP) is 5.93. The average Bonchev–Trinajstić information content (AvgIpc) is 3.63. The average molecular weight is 506 g/mol. The van der Waals surface area contributed by atoms with Crippen molar-refractivity contribution in [2.75, 3.05) is 0 Å². The van der Waals surface area contributed by atoms with E-state index in [1.165, 1.54) is 42.0 Å². The molecule has 1 aliphatic rings. The number of ether oxygens (including phenoxy) is 1. The Kier molecular flexibility index (Phi) is 6.55. The molecule has 5 rings (SSSR count). The van der Waals surface area contributed by atoms with Gasteiger partial charge in [0.15, 0.2) is 5.76 Å². The van der Waals surface area contributed by atoms with Gasteiger partial charge in [0.25, 0.3) is 5.69 Å². The molecule has 0 bridgehead atoms. The van der Waals surface area contributed by atoms with Crippen molar-refractivity contribution < 1.29 is 23.3 Å². The first-order chi connectivity index (χ1) is 17.5. The summed E-state index contributed by atoms with van der Waals surface area (Å²) in [6.45, 7) is 0.204. The van der Waals surface area contributed by atoms with Gasteiger partial charge in [0.1, 0.15) is 29.6 Å². The molecule has 2 aromatic heterocycles. The molecule has 0 saturated heterocycles. The van der Waals surface area contributed by atoms with E-state index in [-0.39, 0.29) is 23.1 Å². The highest BCUT2D eigenvalue weighted by molar-refractivity contribution is 6.33. The van der Waals surface area contributed by atoms with Crippen LogP contribution in [0.3, 0.4) is 0 Å². The molecule has 2 heterocycles. The summed E-state index contributed by atoms with van der Waals surface area (Å²) < 4.78 is 17.0. The highest BCUT2D eigenvalue weighted by Crippen LogP contribution is 2.32. The number of halogens is 1. The second-order valence-corrected chi connectivity index (χ2v) is 8.57. The number of hydrogen-bond donors (Lipinski definition) is 1. The number of amides is 1. The number of fused-ring (bicyclic) bond motifs is 1. The number of hydrazone groups is 1. The second-order valence-electron chi connectivity index (χ2n) is 8.16. The standard InChI is InChI=1S/C26H20ClN3O6/c27-23-13-18(30(32)33)5-9-22(23)24-10-7-20(35-24)14-28-29-26(31)25-11-8-21(36-25)15-34-19-6-4-16-2-1-3-17(16)12-19/h4-14H,1-3,15H2,(H,29,31)/b28-14+. The first-order valence-electron chi connectivity index (χ1n) is 11.2. The summed E-state index contributed by atoms with van der Waals surface area (Å²) in [6.07, 6.45) is 4.68. The summed E-state index contributed by atoms with van der Waals surface area (Å²) in [5.41, 5.74) is 5.46. The van der Waals surface area contributed by atoms with Gasteiger partial charge in [0.2, 0.25) is 0 Å². The molecule has 1 aliphatic carbocycles. The van der Waals surface area contributed by atoms with E-state index in [2.05, 4.69) is 22.7 Å². The number of furan rings is 2. The largest absolute Gasteiger partial charge is 0.486 e. The predicted molar refractivity (Wildman–Crippen MR) is 132 cm³/mol. The smallest absolute Gasteiger partial charge is 0.307 e. The van der Waals surface area contributed by atoms with Crippen molar-refractivity contribution in [3.63, 3.8) is 0 Å². The minimum absolute atomic E-state index is 0.0949. The maximum atomic E-state index is 12.3. The molecule has 1 amide bonds. The van der Waals surface area contributed by atoms with E-state index in [1.807, 2.05) is 6.07 Å². The van der Waals surface area contributed by atoms with Crippen molar-refractivity contribution in [3.8, 4) is 17.1 Å². The van der Waals surface area contributed by atoms with E-state index < -0.39 is 10.8 Å². The molecule has 0 radical (unpaired) electrons. The zero-order chi connectivity index (χ0) is 25.1. The molecule has 0 spiro atoms. The van der Waals surface area contributed by atoms with E-state index in [0.717, 1.165) is 18.6 Å².